The Labute approximate surface area is 194 Å². The first-order valence-corrected chi connectivity index (χ1v) is 10.1. The molecule has 1 fully saturated rings. The van der Waals surface area contributed by atoms with Crippen LogP contribution in [0.2, 0.25) is 0 Å². The van der Waals surface area contributed by atoms with E-state index in [0.717, 1.165) is 20.8 Å². The first-order valence-electron chi connectivity index (χ1n) is 10.1. The lowest BCUT2D eigenvalue weighted by Gasteiger charge is -2.41. The Morgan fingerprint density at radius 3 is 2.09 bits per heavy atom. The average molecular weight is 479 g/mol. The number of carbonyl (C=O) groups excluding carboxylic acids is 5. The molecule has 2 N–H and O–H groups in total. The molecule has 34 heavy (non-hydrogen) atoms. The quantitative estimate of drug-likeness (QED) is 0.248. The van der Waals surface area contributed by atoms with Gasteiger partial charge < -0.3 is 24.3 Å². The van der Waals surface area contributed by atoms with Gasteiger partial charge in [0, 0.05) is 33.4 Å². The van der Waals surface area contributed by atoms with Crippen LogP contribution >= 0.6 is 0 Å². The summed E-state index contributed by atoms with van der Waals surface area (Å²) in [6.07, 6.45) is -4.83. The number of para-hydroxylation sites is 1. The number of hydrogen-bond acceptors (Lipinski definition) is 11. The highest BCUT2D eigenvalue weighted by atomic mass is 16.7. The maximum Gasteiger partial charge on any atom is 0.437 e. The molecule has 0 aliphatic carbocycles. The summed E-state index contributed by atoms with van der Waals surface area (Å²) in [6.45, 7) is 4.12. The number of rotatable bonds is 7. The van der Waals surface area contributed by atoms with Gasteiger partial charge in [-0.25, -0.2) is 4.79 Å². The smallest absolute Gasteiger partial charge is 0.437 e. The van der Waals surface area contributed by atoms with Gasteiger partial charge in [0.25, 0.3) is 5.90 Å². The van der Waals surface area contributed by atoms with E-state index in [9.17, 15) is 24.0 Å². The van der Waals surface area contributed by atoms with Crippen LogP contribution in [0.15, 0.2) is 35.5 Å². The van der Waals surface area contributed by atoms with Crippen LogP contribution in [0.1, 0.15) is 27.7 Å². The first-order chi connectivity index (χ1) is 16.1. The molecule has 1 aromatic rings. The molecule has 0 spiro atoms. The lowest BCUT2D eigenvalue weighted by Crippen LogP contribution is -2.64. The van der Waals surface area contributed by atoms with Crippen LogP contribution in [0.4, 0.5) is 10.5 Å². The van der Waals surface area contributed by atoms with Crippen LogP contribution < -0.4 is 10.6 Å². The maximum atomic E-state index is 12.1. The SMILES string of the molecule is CC(=O)NC1C(=NOC(=O)Nc2ccccc2)OC(COC(C)=O)C(OC(C)=O)C1OC(C)=O. The molecule has 0 bridgehead atoms. The molecule has 4 atom stereocenters. The van der Waals surface area contributed by atoms with Crippen LogP contribution in [-0.2, 0) is 43.0 Å². The summed E-state index contributed by atoms with van der Waals surface area (Å²) in [5, 5.41) is 8.56. The molecule has 1 saturated heterocycles. The minimum Gasteiger partial charge on any atom is -0.466 e. The molecule has 2 amide bonds. The van der Waals surface area contributed by atoms with Crippen molar-refractivity contribution in [3.63, 3.8) is 0 Å². The molecule has 184 valence electrons. The summed E-state index contributed by atoms with van der Waals surface area (Å²) < 4.78 is 21.2. The Morgan fingerprint density at radius 1 is 0.912 bits per heavy atom. The van der Waals surface area contributed by atoms with E-state index in [1.54, 1.807) is 30.3 Å². The molecule has 1 heterocycles. The topological polar surface area (TPSA) is 168 Å². The molecule has 0 aromatic heterocycles. The fourth-order valence-corrected chi connectivity index (χ4v) is 3.02. The number of amides is 2. The van der Waals surface area contributed by atoms with Gasteiger partial charge in [0.15, 0.2) is 18.3 Å². The molecule has 1 aromatic carbocycles. The second kappa shape index (κ2) is 12.2. The zero-order valence-corrected chi connectivity index (χ0v) is 18.9. The van der Waals surface area contributed by atoms with E-state index in [1.807, 2.05) is 0 Å². The standard InChI is InChI=1S/C21H25N3O10/c1-11(25)22-17-19(32-14(4)28)18(31-13(3)27)16(10-30-12(2)26)33-20(17)24-34-21(29)23-15-8-6-5-7-9-15/h5-9,16-19H,10H2,1-4H3,(H,22,25)(H,23,29). The lowest BCUT2D eigenvalue weighted by atomic mass is 9.96. The van der Waals surface area contributed by atoms with Crippen LogP contribution in [0.5, 0.6) is 0 Å². The average Bonchev–Trinajstić information content (AvgIpc) is 2.74. The maximum absolute atomic E-state index is 12.1. The molecular formula is C21H25N3O10. The van der Waals surface area contributed by atoms with Crippen molar-refractivity contribution >= 4 is 41.5 Å². The second-order valence-electron chi connectivity index (χ2n) is 7.08. The van der Waals surface area contributed by atoms with Crippen molar-refractivity contribution in [3.05, 3.63) is 30.3 Å². The Morgan fingerprint density at radius 2 is 1.53 bits per heavy atom. The van der Waals surface area contributed by atoms with Crippen molar-refractivity contribution in [2.45, 2.75) is 52.0 Å². The Balaban J connectivity index is 2.37. The molecular weight excluding hydrogens is 454 g/mol. The fraction of sp³-hybridized carbons (Fsp3) is 0.429. The number of hydrogen-bond donors (Lipinski definition) is 2. The summed E-state index contributed by atoms with van der Waals surface area (Å²) in [7, 11) is 0. The van der Waals surface area contributed by atoms with Gasteiger partial charge in [-0.05, 0) is 17.3 Å². The zero-order valence-electron chi connectivity index (χ0n) is 18.9. The number of anilines is 1. The summed E-state index contributed by atoms with van der Waals surface area (Å²) in [5.74, 6) is -3.14. The highest BCUT2D eigenvalue weighted by molar-refractivity contribution is 5.90. The summed E-state index contributed by atoms with van der Waals surface area (Å²) in [6, 6.07) is 7.06. The molecule has 1 aliphatic heterocycles. The van der Waals surface area contributed by atoms with Gasteiger partial charge in [0.05, 0.1) is 0 Å². The molecule has 13 heteroatoms. The van der Waals surface area contributed by atoms with Gasteiger partial charge in [-0.15, -0.1) is 0 Å². The van der Waals surface area contributed by atoms with Crippen LogP contribution in [-0.4, -0.2) is 66.8 Å². The number of oxime groups is 1. The number of ether oxygens (including phenoxy) is 4. The number of nitrogens with one attached hydrogen (secondary N) is 2. The number of nitrogens with zero attached hydrogens (tertiary/aromatic N) is 1. The Hall–Kier alpha value is -4.16. The normalized spacial score (nSPS) is 22.5. The third-order valence-corrected chi connectivity index (χ3v) is 4.21. The molecule has 1 aliphatic rings. The van der Waals surface area contributed by atoms with Gasteiger partial charge in [0.1, 0.15) is 12.6 Å². The molecule has 4 unspecified atom stereocenters. The molecule has 13 nitrogen and oxygen atoms in total. The van der Waals surface area contributed by atoms with Crippen molar-refractivity contribution in [3.8, 4) is 0 Å². The van der Waals surface area contributed by atoms with Crippen molar-refractivity contribution in [1.29, 1.82) is 0 Å². The predicted molar refractivity (Wildman–Crippen MR) is 114 cm³/mol. The van der Waals surface area contributed by atoms with Crippen LogP contribution in [0, 0.1) is 0 Å². The first kappa shape index (κ1) is 26.1. The number of carbonyl (C=O) groups is 5. The monoisotopic (exact) mass is 479 g/mol. The minimum absolute atomic E-state index is 0.384. The van der Waals surface area contributed by atoms with Crippen LogP contribution in [0.25, 0.3) is 0 Å². The van der Waals surface area contributed by atoms with Gasteiger partial charge in [-0.2, -0.15) is 0 Å². The van der Waals surface area contributed by atoms with Crippen molar-refractivity contribution in [2.24, 2.45) is 5.16 Å². The van der Waals surface area contributed by atoms with E-state index in [1.165, 1.54) is 6.92 Å². The Bertz CT molecular complexity index is 949. The van der Waals surface area contributed by atoms with Gasteiger partial charge >= 0.3 is 24.0 Å². The van der Waals surface area contributed by atoms with Gasteiger partial charge in [-0.3, -0.25) is 29.3 Å². The van der Waals surface area contributed by atoms with E-state index >= 15 is 0 Å². The predicted octanol–water partition coefficient (Wildman–Crippen LogP) is 0.879. The third kappa shape index (κ3) is 8.07. The second-order valence-corrected chi connectivity index (χ2v) is 7.08. The number of benzene rings is 1. The Kier molecular flexibility index (Phi) is 9.35. The van der Waals surface area contributed by atoms with E-state index in [2.05, 4.69) is 15.8 Å². The zero-order chi connectivity index (χ0) is 25.3. The van der Waals surface area contributed by atoms with Gasteiger partial charge in [-0.1, -0.05) is 18.2 Å². The summed E-state index contributed by atoms with van der Waals surface area (Å²) >= 11 is 0. The van der Waals surface area contributed by atoms with Crippen molar-refractivity contribution in [2.75, 3.05) is 11.9 Å². The minimum atomic E-state index is -1.35. The van der Waals surface area contributed by atoms with E-state index in [-0.39, 0.29) is 5.90 Å². The third-order valence-electron chi connectivity index (χ3n) is 4.21. The highest BCUT2D eigenvalue weighted by Crippen LogP contribution is 2.25. The van der Waals surface area contributed by atoms with Crippen molar-refractivity contribution < 1.29 is 47.8 Å². The molecule has 0 saturated carbocycles. The number of esters is 3. The molecule has 0 radical (unpaired) electrons. The summed E-state index contributed by atoms with van der Waals surface area (Å²) in [5.41, 5.74) is 0.427. The fourth-order valence-electron chi connectivity index (χ4n) is 3.02. The van der Waals surface area contributed by atoms with Gasteiger partial charge in [0.2, 0.25) is 5.91 Å². The van der Waals surface area contributed by atoms with Crippen molar-refractivity contribution in [1.82, 2.24) is 5.32 Å². The van der Waals surface area contributed by atoms with E-state index < -0.39 is 60.9 Å². The van der Waals surface area contributed by atoms with E-state index in [4.69, 9.17) is 23.8 Å². The highest BCUT2D eigenvalue weighted by Gasteiger charge is 2.50. The summed E-state index contributed by atoms with van der Waals surface area (Å²) in [4.78, 5) is 63.6. The lowest BCUT2D eigenvalue weighted by molar-refractivity contribution is -0.186. The molecule has 2 rings (SSSR count). The van der Waals surface area contributed by atoms with E-state index in [0.29, 0.717) is 5.69 Å². The largest absolute Gasteiger partial charge is 0.466 e. The van der Waals surface area contributed by atoms with Crippen LogP contribution in [0.3, 0.4) is 0 Å².